The van der Waals surface area contributed by atoms with Crippen LogP contribution in [0.3, 0.4) is 0 Å². The Morgan fingerprint density at radius 3 is 3.00 bits per heavy atom. The summed E-state index contributed by atoms with van der Waals surface area (Å²) in [5.41, 5.74) is 0.972. The van der Waals surface area contributed by atoms with Crippen molar-refractivity contribution in [3.63, 3.8) is 0 Å². The van der Waals surface area contributed by atoms with Gasteiger partial charge in [-0.2, -0.15) is 0 Å². The van der Waals surface area contributed by atoms with Crippen molar-refractivity contribution < 1.29 is 5.11 Å². The number of hydrogen-bond acceptors (Lipinski definition) is 4. The van der Waals surface area contributed by atoms with Crippen molar-refractivity contribution in [1.82, 2.24) is 10.3 Å². The van der Waals surface area contributed by atoms with Gasteiger partial charge in [0.25, 0.3) is 0 Å². The van der Waals surface area contributed by atoms with E-state index in [1.165, 1.54) is 11.3 Å². The van der Waals surface area contributed by atoms with Gasteiger partial charge in [0.15, 0.2) is 0 Å². The second kappa shape index (κ2) is 3.80. The van der Waals surface area contributed by atoms with Crippen molar-refractivity contribution >= 4 is 11.3 Å². The van der Waals surface area contributed by atoms with Gasteiger partial charge in [-0.25, -0.2) is 4.98 Å². The Kier molecular flexibility index (Phi) is 2.99. The van der Waals surface area contributed by atoms with Crippen LogP contribution in [0.25, 0.3) is 0 Å². The van der Waals surface area contributed by atoms with E-state index in [2.05, 4.69) is 10.3 Å². The quantitative estimate of drug-likeness (QED) is 0.705. The van der Waals surface area contributed by atoms with Crippen molar-refractivity contribution in [2.75, 3.05) is 13.6 Å². The minimum Gasteiger partial charge on any atom is -0.385 e. The molecule has 62 valence electrons. The van der Waals surface area contributed by atoms with Crippen molar-refractivity contribution in [3.8, 4) is 0 Å². The van der Waals surface area contributed by atoms with E-state index in [4.69, 9.17) is 0 Å². The van der Waals surface area contributed by atoms with Crippen LogP contribution in [0.15, 0.2) is 5.38 Å². The zero-order chi connectivity index (χ0) is 8.27. The molecule has 0 bridgehead atoms. The average Bonchev–Trinajstić information content (AvgIpc) is 2.36. The van der Waals surface area contributed by atoms with E-state index in [1.807, 2.05) is 19.4 Å². The van der Waals surface area contributed by atoms with Crippen molar-refractivity contribution in [2.45, 2.75) is 13.0 Å². The molecule has 0 spiro atoms. The summed E-state index contributed by atoms with van der Waals surface area (Å²) in [6.45, 7) is 2.49. The molecule has 1 aromatic heterocycles. The van der Waals surface area contributed by atoms with Gasteiger partial charge in [-0.1, -0.05) is 0 Å². The number of thiazole rings is 1. The first-order chi connectivity index (χ1) is 5.24. The normalized spacial score (nSPS) is 13.4. The number of aliphatic hydroxyl groups excluding tert-OH is 1. The lowest BCUT2D eigenvalue weighted by molar-refractivity contribution is 0.177. The number of nitrogens with one attached hydrogen (secondary N) is 1. The predicted octanol–water partition coefficient (Wildman–Crippen LogP) is 0.704. The lowest BCUT2D eigenvalue weighted by atomic mass is 10.4. The smallest absolute Gasteiger partial charge is 0.123 e. The molecule has 11 heavy (non-hydrogen) atoms. The fourth-order valence-electron chi connectivity index (χ4n) is 0.806. The SMILES string of the molecule is CNCC(O)c1nc(C)cs1. The lowest BCUT2D eigenvalue weighted by Crippen LogP contribution is -2.16. The molecule has 0 aliphatic heterocycles. The molecule has 0 radical (unpaired) electrons. The van der Waals surface area contributed by atoms with Gasteiger partial charge in [0.2, 0.25) is 0 Å². The monoisotopic (exact) mass is 172 g/mol. The Morgan fingerprint density at radius 2 is 2.55 bits per heavy atom. The van der Waals surface area contributed by atoms with Gasteiger partial charge >= 0.3 is 0 Å². The van der Waals surface area contributed by atoms with Crippen molar-refractivity contribution in [3.05, 3.63) is 16.1 Å². The molecule has 0 amide bonds. The first-order valence-electron chi connectivity index (χ1n) is 3.48. The van der Waals surface area contributed by atoms with E-state index in [1.54, 1.807) is 0 Å². The van der Waals surface area contributed by atoms with Gasteiger partial charge in [0, 0.05) is 17.6 Å². The first kappa shape index (κ1) is 8.64. The molecule has 1 unspecified atom stereocenters. The fraction of sp³-hybridized carbons (Fsp3) is 0.571. The molecule has 0 saturated heterocycles. The topological polar surface area (TPSA) is 45.1 Å². The van der Waals surface area contributed by atoms with Crippen LogP contribution in [0.4, 0.5) is 0 Å². The molecule has 0 aliphatic carbocycles. The number of hydrogen-bond donors (Lipinski definition) is 2. The molecule has 0 saturated carbocycles. The molecule has 2 N–H and O–H groups in total. The van der Waals surface area contributed by atoms with Crippen LogP contribution in [-0.2, 0) is 0 Å². The number of aryl methyl sites for hydroxylation is 1. The number of nitrogens with zero attached hydrogens (tertiary/aromatic N) is 1. The van der Waals surface area contributed by atoms with Gasteiger partial charge in [0.05, 0.1) is 0 Å². The summed E-state index contributed by atoms with van der Waals surface area (Å²) in [6, 6.07) is 0. The van der Waals surface area contributed by atoms with E-state index < -0.39 is 6.10 Å². The van der Waals surface area contributed by atoms with Crippen LogP contribution >= 0.6 is 11.3 Å². The highest BCUT2D eigenvalue weighted by atomic mass is 32.1. The summed E-state index contributed by atoms with van der Waals surface area (Å²) in [5, 5.41) is 15.0. The predicted molar refractivity (Wildman–Crippen MR) is 45.7 cm³/mol. The summed E-state index contributed by atoms with van der Waals surface area (Å²) in [7, 11) is 1.81. The molecular weight excluding hydrogens is 160 g/mol. The molecule has 3 nitrogen and oxygen atoms in total. The van der Waals surface area contributed by atoms with Gasteiger partial charge < -0.3 is 10.4 Å². The Bertz CT molecular complexity index is 224. The molecule has 0 aliphatic rings. The van der Waals surface area contributed by atoms with Gasteiger partial charge in [-0.05, 0) is 14.0 Å². The Morgan fingerprint density at radius 1 is 1.82 bits per heavy atom. The van der Waals surface area contributed by atoms with E-state index in [9.17, 15) is 5.11 Å². The minimum absolute atomic E-state index is 0.460. The first-order valence-corrected chi connectivity index (χ1v) is 4.36. The number of aromatic nitrogens is 1. The second-order valence-corrected chi connectivity index (χ2v) is 3.29. The Balaban J connectivity index is 2.60. The zero-order valence-electron chi connectivity index (χ0n) is 6.66. The molecule has 0 aromatic carbocycles. The van der Waals surface area contributed by atoms with E-state index in [-0.39, 0.29) is 0 Å². The molecule has 1 rings (SSSR count). The fourth-order valence-corrected chi connectivity index (χ4v) is 1.59. The summed E-state index contributed by atoms with van der Waals surface area (Å²) in [6.07, 6.45) is -0.460. The van der Waals surface area contributed by atoms with E-state index in [0.717, 1.165) is 10.7 Å². The van der Waals surface area contributed by atoms with Gasteiger partial charge in [-0.3, -0.25) is 0 Å². The highest BCUT2D eigenvalue weighted by Gasteiger charge is 2.08. The zero-order valence-corrected chi connectivity index (χ0v) is 7.48. The average molecular weight is 172 g/mol. The highest BCUT2D eigenvalue weighted by Crippen LogP contribution is 2.16. The third-order valence-corrected chi connectivity index (χ3v) is 2.38. The Labute approximate surface area is 70.1 Å². The number of likely N-dealkylation sites (N-methyl/N-ethyl adjacent to an activating group) is 1. The summed E-state index contributed by atoms with van der Waals surface area (Å²) >= 11 is 1.50. The third-order valence-electron chi connectivity index (χ3n) is 1.32. The standard InChI is InChI=1S/C7H12N2OS/c1-5-4-11-7(9-5)6(10)3-8-2/h4,6,8,10H,3H2,1-2H3. The van der Waals surface area contributed by atoms with E-state index >= 15 is 0 Å². The maximum absolute atomic E-state index is 9.42. The van der Waals surface area contributed by atoms with Crippen LogP contribution < -0.4 is 5.32 Å². The van der Waals surface area contributed by atoms with Gasteiger partial charge in [-0.15, -0.1) is 11.3 Å². The minimum atomic E-state index is -0.460. The molecular formula is C7H12N2OS. The molecule has 1 aromatic rings. The molecule has 1 atom stereocenters. The second-order valence-electron chi connectivity index (χ2n) is 2.40. The largest absolute Gasteiger partial charge is 0.385 e. The highest BCUT2D eigenvalue weighted by molar-refractivity contribution is 7.09. The van der Waals surface area contributed by atoms with Crippen LogP contribution in [0.5, 0.6) is 0 Å². The van der Waals surface area contributed by atoms with Crippen LogP contribution in [0, 0.1) is 6.92 Å². The van der Waals surface area contributed by atoms with Gasteiger partial charge in [0.1, 0.15) is 11.1 Å². The van der Waals surface area contributed by atoms with Crippen molar-refractivity contribution in [2.24, 2.45) is 0 Å². The summed E-state index contributed by atoms with van der Waals surface area (Å²) < 4.78 is 0. The van der Waals surface area contributed by atoms with Crippen LogP contribution in [0.1, 0.15) is 16.8 Å². The van der Waals surface area contributed by atoms with E-state index in [0.29, 0.717) is 6.54 Å². The number of aliphatic hydroxyl groups is 1. The third kappa shape index (κ3) is 2.25. The molecule has 1 heterocycles. The maximum atomic E-state index is 9.42. The van der Waals surface area contributed by atoms with Crippen molar-refractivity contribution in [1.29, 1.82) is 0 Å². The number of rotatable bonds is 3. The summed E-state index contributed by atoms with van der Waals surface area (Å²) in [4.78, 5) is 4.16. The van der Waals surface area contributed by atoms with Crippen LogP contribution in [0.2, 0.25) is 0 Å². The lowest BCUT2D eigenvalue weighted by Gasteiger charge is -2.04. The van der Waals surface area contributed by atoms with Crippen LogP contribution in [-0.4, -0.2) is 23.7 Å². The Hall–Kier alpha value is -0.450. The summed E-state index contributed by atoms with van der Waals surface area (Å²) in [5.74, 6) is 0. The molecule has 0 fully saturated rings. The maximum Gasteiger partial charge on any atom is 0.123 e. The molecule has 4 heteroatoms.